The molecular weight excluding hydrogens is 480 g/mol. The molecule has 5 aromatic rings. The van der Waals surface area contributed by atoms with E-state index in [4.69, 9.17) is 0 Å². The molecule has 1 unspecified atom stereocenters. The van der Waals surface area contributed by atoms with E-state index in [1.165, 1.54) is 61.3 Å². The van der Waals surface area contributed by atoms with Crippen LogP contribution in [0.25, 0.3) is 27.1 Å². The maximum atomic E-state index is 2.49. The van der Waals surface area contributed by atoms with Crippen LogP contribution in [-0.4, -0.2) is 7.05 Å². The van der Waals surface area contributed by atoms with Gasteiger partial charge in [-0.05, 0) is 53.5 Å². The first kappa shape index (κ1) is 24.6. The first-order valence-electron chi connectivity index (χ1n) is 13.7. The van der Waals surface area contributed by atoms with Crippen LogP contribution in [0.5, 0.6) is 0 Å². The number of hydrogen-bond acceptors (Lipinski definition) is 2. The number of fused-ring (bicyclic) bond motifs is 4. The predicted molar refractivity (Wildman–Crippen MR) is 164 cm³/mol. The van der Waals surface area contributed by atoms with Crippen LogP contribution in [-0.2, 0) is 18.4 Å². The van der Waals surface area contributed by atoms with Crippen LogP contribution in [0.1, 0.15) is 42.8 Å². The monoisotopic (exact) mass is 515 g/mol. The van der Waals surface area contributed by atoms with Gasteiger partial charge in [0, 0.05) is 42.4 Å². The number of aromatic nitrogens is 1. The van der Waals surface area contributed by atoms with Crippen molar-refractivity contribution in [2.45, 2.75) is 45.1 Å². The molecule has 0 saturated carbocycles. The highest BCUT2D eigenvalue weighted by molar-refractivity contribution is 7.18. The van der Waals surface area contributed by atoms with Gasteiger partial charge in [-0.3, -0.25) is 0 Å². The molecule has 0 fully saturated rings. The lowest BCUT2D eigenvalue weighted by atomic mass is 9.74. The van der Waals surface area contributed by atoms with Gasteiger partial charge in [-0.25, -0.2) is 0 Å². The molecule has 3 heteroatoms. The van der Waals surface area contributed by atoms with Gasteiger partial charge in [-0.15, -0.1) is 0 Å². The van der Waals surface area contributed by atoms with E-state index in [2.05, 4.69) is 140 Å². The largest absolute Gasteiger partial charge is 0.347 e. The van der Waals surface area contributed by atoms with Gasteiger partial charge < -0.3 is 4.90 Å². The zero-order valence-electron chi connectivity index (χ0n) is 22.5. The summed E-state index contributed by atoms with van der Waals surface area (Å²) in [5.41, 5.74) is 6.63. The number of allylic oxidation sites excluding steroid dienone is 3. The molecule has 0 radical (unpaired) electrons. The van der Waals surface area contributed by atoms with Gasteiger partial charge >= 0.3 is 0 Å². The topological polar surface area (TPSA) is 7.12 Å². The minimum Gasteiger partial charge on any atom is -0.347 e. The van der Waals surface area contributed by atoms with Crippen LogP contribution < -0.4 is 9.47 Å². The Balaban J connectivity index is 1.46. The summed E-state index contributed by atoms with van der Waals surface area (Å²) in [6.45, 7) is 5.75. The summed E-state index contributed by atoms with van der Waals surface area (Å²) in [4.78, 5) is 2.41. The Morgan fingerprint density at radius 2 is 1.66 bits per heavy atom. The molecule has 1 atom stereocenters. The molecule has 1 aromatic heterocycles. The number of benzene rings is 4. The van der Waals surface area contributed by atoms with Crippen LogP contribution in [0.3, 0.4) is 0 Å². The fourth-order valence-corrected chi connectivity index (χ4v) is 7.27. The Labute approximate surface area is 230 Å². The summed E-state index contributed by atoms with van der Waals surface area (Å²) in [5.74, 6) is 0. The van der Waals surface area contributed by atoms with Crippen molar-refractivity contribution in [1.82, 2.24) is 0 Å². The van der Waals surface area contributed by atoms with Crippen LogP contribution in [0, 0.1) is 0 Å². The molecule has 0 saturated heterocycles. The number of aryl methyl sites for hydroxylation is 1. The molecular formula is C35H35N2S+. The van der Waals surface area contributed by atoms with Crippen molar-refractivity contribution < 1.29 is 4.57 Å². The highest BCUT2D eigenvalue weighted by atomic mass is 32.1. The molecule has 38 heavy (non-hydrogen) atoms. The average molecular weight is 516 g/mol. The van der Waals surface area contributed by atoms with Crippen molar-refractivity contribution >= 4 is 44.1 Å². The maximum absolute atomic E-state index is 2.49. The number of nitrogens with zero attached hydrogens (tertiary/aromatic N) is 2. The SMILES string of the molecule is CCCC[n+]1c(C=CC=C2N(C)c3ccc4ccccc4c3C2(C)Cc2ccccc2)sc2ccccc21. The third kappa shape index (κ3) is 4.25. The van der Waals surface area contributed by atoms with Crippen LogP contribution >= 0.6 is 11.3 Å². The standard InChI is InChI=1S/C35H35N2S/c1-4-5-24-37-29-18-11-12-19-31(29)38-33(37)21-13-20-32-35(2,25-26-14-7-6-8-15-26)34-28-17-10-9-16-27(28)22-23-30(34)36(32)3/h6-23H,4-5,24-25H2,1-3H3/q+1. The summed E-state index contributed by atoms with van der Waals surface area (Å²) in [6, 6.07) is 33.1. The second-order valence-electron chi connectivity index (χ2n) is 10.6. The quantitative estimate of drug-likeness (QED) is 0.197. The van der Waals surface area contributed by atoms with Crippen LogP contribution in [0.15, 0.2) is 109 Å². The fourth-order valence-electron chi connectivity index (χ4n) is 6.17. The Morgan fingerprint density at radius 3 is 2.50 bits per heavy atom. The van der Waals surface area contributed by atoms with Gasteiger partial charge in [-0.2, -0.15) is 4.57 Å². The van der Waals surface area contributed by atoms with E-state index in [0.29, 0.717) is 0 Å². The second-order valence-corrected chi connectivity index (χ2v) is 11.6. The number of anilines is 1. The molecule has 2 nitrogen and oxygen atoms in total. The van der Waals surface area contributed by atoms with Gasteiger partial charge in [0.1, 0.15) is 4.70 Å². The average Bonchev–Trinajstić information content (AvgIpc) is 3.40. The summed E-state index contributed by atoms with van der Waals surface area (Å²) in [5, 5.41) is 3.97. The fraction of sp³-hybridized carbons (Fsp3) is 0.229. The Hall–Kier alpha value is -3.69. The molecule has 1 aliphatic heterocycles. The van der Waals surface area contributed by atoms with Gasteiger partial charge in [0.25, 0.3) is 5.01 Å². The van der Waals surface area contributed by atoms with Crippen LogP contribution in [0.4, 0.5) is 5.69 Å². The molecule has 1 aliphatic rings. The van der Waals surface area contributed by atoms with E-state index >= 15 is 0 Å². The molecule has 0 bridgehead atoms. The summed E-state index contributed by atoms with van der Waals surface area (Å²) in [7, 11) is 2.23. The highest BCUT2D eigenvalue weighted by Crippen LogP contribution is 2.51. The van der Waals surface area contributed by atoms with Crippen molar-refractivity contribution in [2.75, 3.05) is 11.9 Å². The normalized spacial score (nSPS) is 18.3. The Morgan fingerprint density at radius 1 is 0.895 bits per heavy atom. The third-order valence-electron chi connectivity index (χ3n) is 8.01. The van der Waals surface area contributed by atoms with Crippen molar-refractivity contribution in [3.05, 3.63) is 125 Å². The first-order valence-corrected chi connectivity index (χ1v) is 14.5. The lowest BCUT2D eigenvalue weighted by molar-refractivity contribution is -0.669. The lowest BCUT2D eigenvalue weighted by Gasteiger charge is -2.29. The van der Waals surface area contributed by atoms with Crippen LogP contribution in [0.2, 0.25) is 0 Å². The zero-order valence-corrected chi connectivity index (χ0v) is 23.3. The maximum Gasteiger partial charge on any atom is 0.262 e. The Bertz CT molecular complexity index is 1660. The number of likely N-dealkylation sites (N-methyl/N-ethyl adjacent to an activating group) is 1. The predicted octanol–water partition coefficient (Wildman–Crippen LogP) is 8.69. The summed E-state index contributed by atoms with van der Waals surface area (Å²) < 4.78 is 3.84. The number of thiazole rings is 1. The van der Waals surface area contributed by atoms with E-state index < -0.39 is 0 Å². The van der Waals surface area contributed by atoms with E-state index in [0.717, 1.165) is 13.0 Å². The van der Waals surface area contributed by atoms with E-state index in [1.54, 1.807) is 0 Å². The van der Waals surface area contributed by atoms with E-state index in [9.17, 15) is 0 Å². The van der Waals surface area contributed by atoms with Gasteiger partial charge in [0.05, 0.1) is 0 Å². The molecule has 190 valence electrons. The van der Waals surface area contributed by atoms with Gasteiger partial charge in [0.2, 0.25) is 5.52 Å². The summed E-state index contributed by atoms with van der Waals surface area (Å²) in [6.07, 6.45) is 10.3. The number of rotatable bonds is 7. The third-order valence-corrected chi connectivity index (χ3v) is 9.14. The molecule has 2 heterocycles. The van der Waals surface area contributed by atoms with Gasteiger partial charge in [-0.1, -0.05) is 104 Å². The zero-order chi connectivity index (χ0) is 26.1. The van der Waals surface area contributed by atoms with Gasteiger partial charge in [0.15, 0.2) is 6.54 Å². The molecule has 6 rings (SSSR count). The number of para-hydroxylation sites is 1. The minimum atomic E-state index is -0.144. The molecule has 4 aromatic carbocycles. The summed E-state index contributed by atoms with van der Waals surface area (Å²) >= 11 is 1.88. The lowest BCUT2D eigenvalue weighted by Crippen LogP contribution is -2.34. The molecule has 0 aliphatic carbocycles. The first-order chi connectivity index (χ1) is 18.6. The smallest absolute Gasteiger partial charge is 0.262 e. The molecule has 0 N–H and O–H groups in total. The van der Waals surface area contributed by atoms with Crippen molar-refractivity contribution in [3.8, 4) is 0 Å². The second kappa shape index (κ2) is 10.2. The van der Waals surface area contributed by atoms with Crippen molar-refractivity contribution in [3.63, 3.8) is 0 Å². The van der Waals surface area contributed by atoms with Crippen molar-refractivity contribution in [1.29, 1.82) is 0 Å². The minimum absolute atomic E-state index is 0.144. The van der Waals surface area contributed by atoms with E-state index in [1.807, 2.05) is 11.3 Å². The molecule has 0 amide bonds. The number of unbranched alkanes of at least 4 members (excludes halogenated alkanes) is 1. The molecule has 0 spiro atoms. The van der Waals surface area contributed by atoms with Crippen molar-refractivity contribution in [2.24, 2.45) is 0 Å². The van der Waals surface area contributed by atoms with E-state index in [-0.39, 0.29) is 5.41 Å². The highest BCUT2D eigenvalue weighted by Gasteiger charge is 2.43. The Kier molecular flexibility index (Phi) is 6.63. The number of hydrogen-bond donors (Lipinski definition) is 0.